The van der Waals surface area contributed by atoms with E-state index in [0.29, 0.717) is 30.1 Å². The molecule has 1 aliphatic rings. The Morgan fingerprint density at radius 2 is 1.97 bits per heavy atom. The van der Waals surface area contributed by atoms with Crippen molar-refractivity contribution in [3.63, 3.8) is 0 Å². The minimum atomic E-state index is -0.606. The molecule has 182 valence electrons. The molecule has 0 radical (unpaired) electrons. The number of carbonyl (C=O) groups is 2. The molecule has 1 aromatic heterocycles. The number of aromatic nitrogens is 1. The number of amides is 1. The summed E-state index contributed by atoms with van der Waals surface area (Å²) < 4.78 is 6.15. The van der Waals surface area contributed by atoms with Crippen LogP contribution in [0, 0.1) is 0 Å². The Balaban J connectivity index is 1.48. The zero-order valence-electron chi connectivity index (χ0n) is 20.3. The van der Waals surface area contributed by atoms with E-state index >= 15 is 0 Å². The van der Waals surface area contributed by atoms with Gasteiger partial charge in [0.15, 0.2) is 5.78 Å². The maximum absolute atomic E-state index is 13.4. The number of Topliss-reactive ketones (excluding diaryl/α,β-unsaturated/α-hetero) is 1. The van der Waals surface area contributed by atoms with Gasteiger partial charge >= 0.3 is 0 Å². The first-order valence-corrected chi connectivity index (χ1v) is 12.5. The molecule has 5 nitrogen and oxygen atoms in total. The van der Waals surface area contributed by atoms with Crippen LogP contribution in [0.3, 0.4) is 0 Å². The fourth-order valence-corrected chi connectivity index (χ4v) is 4.59. The molecule has 0 aliphatic heterocycles. The van der Waals surface area contributed by atoms with E-state index < -0.39 is 5.60 Å². The molecule has 0 spiro atoms. The zero-order valence-corrected chi connectivity index (χ0v) is 21.1. The lowest BCUT2D eigenvalue weighted by Crippen LogP contribution is -2.36. The molecule has 3 aromatic rings. The highest BCUT2D eigenvalue weighted by molar-refractivity contribution is 6.34. The Morgan fingerprint density at radius 1 is 1.20 bits per heavy atom. The zero-order chi connectivity index (χ0) is 25.0. The van der Waals surface area contributed by atoms with Crippen molar-refractivity contribution in [1.82, 2.24) is 9.88 Å². The molecule has 35 heavy (non-hydrogen) atoms. The van der Waals surface area contributed by atoms with Crippen LogP contribution >= 0.6 is 11.6 Å². The van der Waals surface area contributed by atoms with Crippen molar-refractivity contribution in [3.05, 3.63) is 78.0 Å². The predicted molar refractivity (Wildman–Crippen MR) is 141 cm³/mol. The van der Waals surface area contributed by atoms with Crippen molar-refractivity contribution >= 4 is 34.2 Å². The number of fused-ring (bicyclic) bond motifs is 1. The number of hydrogen-bond donors (Lipinski definition) is 0. The molecular weight excluding hydrogens is 460 g/mol. The average molecular weight is 491 g/mol. The number of rotatable bonds is 11. The summed E-state index contributed by atoms with van der Waals surface area (Å²) in [7, 11) is 0. The molecule has 1 atom stereocenters. The normalized spacial score (nSPS) is 14.9. The summed E-state index contributed by atoms with van der Waals surface area (Å²) in [5.74, 6) is -0.0656. The fraction of sp³-hybridized carbons (Fsp3) is 0.345. The van der Waals surface area contributed by atoms with Gasteiger partial charge in [-0.25, -0.2) is 0 Å². The molecule has 0 bridgehead atoms. The molecule has 6 heteroatoms. The third-order valence-corrected chi connectivity index (χ3v) is 6.99. The van der Waals surface area contributed by atoms with E-state index in [0.717, 1.165) is 41.3 Å². The van der Waals surface area contributed by atoms with Gasteiger partial charge in [0.1, 0.15) is 5.60 Å². The van der Waals surface area contributed by atoms with Crippen LogP contribution < -0.4 is 0 Å². The summed E-state index contributed by atoms with van der Waals surface area (Å²) in [4.78, 5) is 31.5. The maximum Gasteiger partial charge on any atom is 0.255 e. The number of hydrogen-bond acceptors (Lipinski definition) is 4. The summed E-state index contributed by atoms with van der Waals surface area (Å²) in [5.41, 5.74) is 2.61. The van der Waals surface area contributed by atoms with Crippen molar-refractivity contribution in [1.29, 1.82) is 0 Å². The highest BCUT2D eigenvalue weighted by Gasteiger charge is 2.50. The van der Waals surface area contributed by atoms with Crippen molar-refractivity contribution in [2.75, 3.05) is 13.1 Å². The van der Waals surface area contributed by atoms with Gasteiger partial charge in [0.25, 0.3) is 5.91 Å². The van der Waals surface area contributed by atoms with Crippen LogP contribution in [0.2, 0.25) is 5.02 Å². The van der Waals surface area contributed by atoms with Gasteiger partial charge in [-0.2, -0.15) is 0 Å². The molecule has 1 saturated carbocycles. The van der Waals surface area contributed by atoms with E-state index in [1.54, 1.807) is 24.0 Å². The summed E-state index contributed by atoms with van der Waals surface area (Å²) in [6.07, 6.45) is 6.42. The molecule has 1 amide bonds. The van der Waals surface area contributed by atoms with Gasteiger partial charge in [-0.15, -0.1) is 6.58 Å². The average Bonchev–Trinajstić information content (AvgIpc) is 3.66. The minimum absolute atomic E-state index is 0.0835. The molecule has 4 rings (SSSR count). The number of halogens is 1. The summed E-state index contributed by atoms with van der Waals surface area (Å²) in [5, 5.41) is 1.44. The van der Waals surface area contributed by atoms with Crippen LogP contribution in [0.4, 0.5) is 0 Å². The first kappa shape index (κ1) is 25.1. The van der Waals surface area contributed by atoms with Crippen molar-refractivity contribution in [2.24, 2.45) is 0 Å². The van der Waals surface area contributed by atoms with Crippen LogP contribution in [0.1, 0.15) is 49.9 Å². The molecule has 1 heterocycles. The van der Waals surface area contributed by atoms with Crippen LogP contribution in [0.5, 0.6) is 0 Å². The quantitative estimate of drug-likeness (QED) is 0.288. The third kappa shape index (κ3) is 5.63. The van der Waals surface area contributed by atoms with E-state index in [4.69, 9.17) is 16.3 Å². The van der Waals surface area contributed by atoms with Crippen molar-refractivity contribution < 1.29 is 14.3 Å². The van der Waals surface area contributed by atoms with Crippen LogP contribution in [0.25, 0.3) is 22.0 Å². The predicted octanol–water partition coefficient (Wildman–Crippen LogP) is 6.49. The number of carbonyl (C=O) groups excluding carboxylic acids is 2. The lowest BCUT2D eigenvalue weighted by atomic mass is 10.0. The summed E-state index contributed by atoms with van der Waals surface area (Å²) >= 11 is 6.60. The standard InChI is InChI=1S/C29H31ClN2O3/c1-4-15-32(16-12-24(5-2)35-29(13-14-29)20(3)33)28(34)25-11-10-21(18-26(25)30)23-17-22-8-6-7-9-27(22)31-19-23/h4,6-11,17-19,24H,1,5,12-16H2,2-3H3. The number of para-hydroxylation sites is 1. The van der Waals surface area contributed by atoms with E-state index in [2.05, 4.69) is 17.6 Å². The van der Waals surface area contributed by atoms with Gasteiger partial charge in [-0.05, 0) is 62.4 Å². The largest absolute Gasteiger partial charge is 0.364 e. The Bertz CT molecular complexity index is 1250. The van der Waals surface area contributed by atoms with Gasteiger partial charge in [0.05, 0.1) is 22.2 Å². The second-order valence-corrected chi connectivity index (χ2v) is 9.55. The topological polar surface area (TPSA) is 59.5 Å². The summed E-state index contributed by atoms with van der Waals surface area (Å²) in [6, 6.07) is 15.5. The lowest BCUT2D eigenvalue weighted by Gasteiger charge is -2.27. The fourth-order valence-electron chi connectivity index (χ4n) is 4.33. The number of nitrogens with zero attached hydrogens (tertiary/aromatic N) is 2. The lowest BCUT2D eigenvalue weighted by molar-refractivity contribution is -0.136. The highest BCUT2D eigenvalue weighted by atomic mass is 35.5. The van der Waals surface area contributed by atoms with E-state index in [9.17, 15) is 9.59 Å². The first-order valence-electron chi connectivity index (χ1n) is 12.1. The highest BCUT2D eigenvalue weighted by Crippen LogP contribution is 2.42. The Kier molecular flexibility index (Phi) is 7.68. The first-order chi connectivity index (χ1) is 16.9. The maximum atomic E-state index is 13.4. The number of ether oxygens (including phenoxy) is 1. The Labute approximate surface area is 211 Å². The number of benzene rings is 2. The monoisotopic (exact) mass is 490 g/mol. The Hall–Kier alpha value is -3.02. The van der Waals surface area contributed by atoms with Gasteiger partial charge in [-0.1, -0.05) is 48.9 Å². The van der Waals surface area contributed by atoms with Crippen LogP contribution in [-0.4, -0.2) is 46.4 Å². The second-order valence-electron chi connectivity index (χ2n) is 9.14. The van der Waals surface area contributed by atoms with Gasteiger partial charge in [0, 0.05) is 30.2 Å². The molecule has 1 aliphatic carbocycles. The number of pyridine rings is 1. The van der Waals surface area contributed by atoms with Gasteiger partial charge in [0.2, 0.25) is 0 Å². The van der Waals surface area contributed by atoms with Gasteiger partial charge in [-0.3, -0.25) is 14.6 Å². The molecule has 0 N–H and O–H groups in total. The van der Waals surface area contributed by atoms with E-state index in [-0.39, 0.29) is 17.8 Å². The third-order valence-electron chi connectivity index (χ3n) is 6.67. The van der Waals surface area contributed by atoms with E-state index in [1.165, 1.54) is 0 Å². The Morgan fingerprint density at radius 3 is 2.63 bits per heavy atom. The van der Waals surface area contributed by atoms with Crippen molar-refractivity contribution in [3.8, 4) is 11.1 Å². The van der Waals surface area contributed by atoms with Crippen molar-refractivity contribution in [2.45, 2.75) is 51.2 Å². The van der Waals surface area contributed by atoms with Crippen LogP contribution in [-0.2, 0) is 9.53 Å². The van der Waals surface area contributed by atoms with Crippen LogP contribution in [0.15, 0.2) is 67.4 Å². The minimum Gasteiger partial charge on any atom is -0.364 e. The van der Waals surface area contributed by atoms with Gasteiger partial charge < -0.3 is 9.64 Å². The number of ketones is 1. The van der Waals surface area contributed by atoms with E-state index in [1.807, 2.05) is 49.5 Å². The SMILES string of the molecule is C=CCN(CCC(CC)OC1(C(C)=O)CC1)C(=O)c1ccc(-c2cnc3ccccc3c2)cc1Cl. The second kappa shape index (κ2) is 10.7. The molecule has 0 saturated heterocycles. The molecular formula is C29H31ClN2O3. The molecule has 2 aromatic carbocycles. The smallest absolute Gasteiger partial charge is 0.255 e. The molecule has 1 fully saturated rings. The summed E-state index contributed by atoms with van der Waals surface area (Å²) in [6.45, 7) is 8.33. The molecule has 1 unspecified atom stereocenters.